The van der Waals surface area contributed by atoms with Gasteiger partial charge in [-0.15, -0.1) is 23.1 Å². The van der Waals surface area contributed by atoms with Gasteiger partial charge in [0.15, 0.2) is 0 Å². The van der Waals surface area contributed by atoms with Gasteiger partial charge in [0.25, 0.3) is 0 Å². The van der Waals surface area contributed by atoms with E-state index in [1.807, 2.05) is 12.1 Å². The van der Waals surface area contributed by atoms with Crippen molar-refractivity contribution in [3.63, 3.8) is 0 Å². The van der Waals surface area contributed by atoms with Crippen molar-refractivity contribution in [2.75, 3.05) is 5.75 Å². The van der Waals surface area contributed by atoms with Gasteiger partial charge < -0.3 is 5.11 Å². The molecule has 2 heterocycles. The van der Waals surface area contributed by atoms with Crippen LogP contribution in [-0.4, -0.2) is 22.9 Å². The molecule has 0 amide bonds. The third kappa shape index (κ3) is 1.94. The molecule has 1 aliphatic rings. The van der Waals surface area contributed by atoms with Gasteiger partial charge in [-0.1, -0.05) is 18.2 Å². The van der Waals surface area contributed by atoms with Crippen molar-refractivity contribution >= 4 is 39.2 Å². The van der Waals surface area contributed by atoms with Gasteiger partial charge in [0.05, 0.1) is 5.37 Å². The van der Waals surface area contributed by atoms with Crippen LogP contribution in [0.1, 0.15) is 10.9 Å². The molecule has 5 heteroatoms. The lowest BCUT2D eigenvalue weighted by Crippen LogP contribution is -2.33. The summed E-state index contributed by atoms with van der Waals surface area (Å²) in [5.74, 6) is -0.135. The lowest BCUT2D eigenvalue weighted by atomic mass is 10.1. The predicted octanol–water partition coefficient (Wildman–Crippen LogP) is 2.69. The molecule has 0 saturated carbocycles. The summed E-state index contributed by atoms with van der Waals surface area (Å²) >= 11 is 3.38. The van der Waals surface area contributed by atoms with Gasteiger partial charge in [-0.3, -0.25) is 10.1 Å². The van der Waals surface area contributed by atoms with Crippen molar-refractivity contribution < 1.29 is 9.90 Å². The Hall–Kier alpha value is -1.04. The predicted molar refractivity (Wildman–Crippen MR) is 71.6 cm³/mol. The molecule has 0 radical (unpaired) electrons. The fourth-order valence-electron chi connectivity index (χ4n) is 1.99. The maximum absolute atomic E-state index is 10.9. The number of nitrogens with one attached hydrogen (secondary N) is 1. The minimum absolute atomic E-state index is 0.104. The fraction of sp³-hybridized carbons (Fsp3) is 0.250. The summed E-state index contributed by atoms with van der Waals surface area (Å²) in [5.41, 5.74) is 1.21. The first-order valence-electron chi connectivity index (χ1n) is 5.32. The number of thioether (sulfide) groups is 1. The molecular formula is C12H11NO2S2. The van der Waals surface area contributed by atoms with Gasteiger partial charge in [0.2, 0.25) is 0 Å². The second-order valence-electron chi connectivity index (χ2n) is 3.96. The molecule has 0 bridgehead atoms. The highest BCUT2D eigenvalue weighted by Crippen LogP contribution is 2.39. The maximum atomic E-state index is 10.9. The van der Waals surface area contributed by atoms with Crippen LogP contribution in [0.2, 0.25) is 0 Å². The van der Waals surface area contributed by atoms with E-state index in [1.165, 1.54) is 15.6 Å². The normalized spacial score (nSPS) is 24.2. The topological polar surface area (TPSA) is 49.3 Å². The van der Waals surface area contributed by atoms with Gasteiger partial charge in [-0.05, 0) is 22.4 Å². The molecule has 88 valence electrons. The van der Waals surface area contributed by atoms with Crippen LogP contribution in [0.5, 0.6) is 0 Å². The van der Waals surface area contributed by atoms with Gasteiger partial charge in [0.1, 0.15) is 6.04 Å². The Kier molecular flexibility index (Phi) is 2.82. The van der Waals surface area contributed by atoms with Gasteiger partial charge in [-0.25, -0.2) is 0 Å². The minimum atomic E-state index is -0.764. The lowest BCUT2D eigenvalue weighted by Gasteiger charge is -2.09. The van der Waals surface area contributed by atoms with Gasteiger partial charge in [-0.2, -0.15) is 0 Å². The molecule has 2 unspecified atom stereocenters. The number of carboxylic acid groups (broad SMARTS) is 1. The molecule has 17 heavy (non-hydrogen) atoms. The van der Waals surface area contributed by atoms with Crippen molar-refractivity contribution in [3.05, 3.63) is 35.2 Å². The first-order valence-corrected chi connectivity index (χ1v) is 7.25. The minimum Gasteiger partial charge on any atom is -0.480 e. The summed E-state index contributed by atoms with van der Waals surface area (Å²) in [4.78, 5) is 10.9. The molecule has 1 aliphatic heterocycles. The zero-order valence-electron chi connectivity index (χ0n) is 8.92. The molecule has 3 nitrogen and oxygen atoms in total. The number of carbonyl (C=O) groups is 1. The largest absolute Gasteiger partial charge is 0.480 e. The summed E-state index contributed by atoms with van der Waals surface area (Å²) in [6.07, 6.45) is 0. The van der Waals surface area contributed by atoms with Crippen LogP contribution >= 0.6 is 23.1 Å². The van der Waals surface area contributed by atoms with Crippen molar-refractivity contribution in [1.29, 1.82) is 0 Å². The van der Waals surface area contributed by atoms with Crippen molar-refractivity contribution in [1.82, 2.24) is 5.32 Å². The van der Waals surface area contributed by atoms with E-state index in [0.29, 0.717) is 5.75 Å². The van der Waals surface area contributed by atoms with Crippen LogP contribution < -0.4 is 5.32 Å². The maximum Gasteiger partial charge on any atom is 0.321 e. The van der Waals surface area contributed by atoms with Crippen LogP contribution in [0.15, 0.2) is 29.6 Å². The second kappa shape index (κ2) is 4.33. The third-order valence-electron chi connectivity index (χ3n) is 2.87. The van der Waals surface area contributed by atoms with Crippen LogP contribution in [0, 0.1) is 0 Å². The number of fused-ring (bicyclic) bond motifs is 1. The van der Waals surface area contributed by atoms with E-state index in [-0.39, 0.29) is 5.37 Å². The number of thiophene rings is 1. The second-order valence-corrected chi connectivity index (χ2v) is 6.01. The highest BCUT2D eigenvalue weighted by Gasteiger charge is 2.31. The number of hydrogen-bond donors (Lipinski definition) is 2. The summed E-state index contributed by atoms with van der Waals surface area (Å²) in [7, 11) is 0. The van der Waals surface area contributed by atoms with Crippen molar-refractivity contribution in [2.24, 2.45) is 0 Å². The highest BCUT2D eigenvalue weighted by atomic mass is 32.2. The van der Waals surface area contributed by atoms with E-state index in [4.69, 9.17) is 5.11 Å². The summed E-state index contributed by atoms with van der Waals surface area (Å²) in [6, 6.07) is 7.81. The molecule has 2 atom stereocenters. The van der Waals surface area contributed by atoms with Crippen LogP contribution in [0.3, 0.4) is 0 Å². The molecule has 3 rings (SSSR count). The molecule has 0 aliphatic carbocycles. The van der Waals surface area contributed by atoms with E-state index >= 15 is 0 Å². The van der Waals surface area contributed by atoms with Crippen LogP contribution in [-0.2, 0) is 4.79 Å². The van der Waals surface area contributed by atoms with Gasteiger partial charge in [0, 0.05) is 10.5 Å². The molecule has 1 aromatic heterocycles. The number of carboxylic acids is 1. The van der Waals surface area contributed by atoms with E-state index in [1.54, 1.807) is 23.1 Å². The van der Waals surface area contributed by atoms with Crippen molar-refractivity contribution in [3.8, 4) is 0 Å². The number of aliphatic carboxylic acids is 1. The molecule has 1 fully saturated rings. The third-order valence-corrected chi connectivity index (χ3v) is 5.10. The smallest absolute Gasteiger partial charge is 0.321 e. The van der Waals surface area contributed by atoms with E-state index in [2.05, 4.69) is 22.8 Å². The lowest BCUT2D eigenvalue weighted by molar-refractivity contribution is -0.138. The Morgan fingerprint density at radius 2 is 2.24 bits per heavy atom. The average Bonchev–Trinajstić information content (AvgIpc) is 2.95. The Bertz CT molecular complexity index is 566. The number of hydrogen-bond acceptors (Lipinski definition) is 4. The fourth-order valence-corrected chi connectivity index (χ4v) is 4.33. The molecule has 1 saturated heterocycles. The molecule has 0 spiro atoms. The Labute approximate surface area is 107 Å². The summed E-state index contributed by atoms with van der Waals surface area (Å²) < 4.78 is 1.25. The SMILES string of the molecule is O=C(O)C1CSC(c2csc3ccccc23)N1. The monoisotopic (exact) mass is 265 g/mol. The van der Waals surface area contributed by atoms with E-state index < -0.39 is 12.0 Å². The number of benzene rings is 1. The van der Waals surface area contributed by atoms with Gasteiger partial charge >= 0.3 is 5.97 Å². The molecule has 2 aromatic rings. The van der Waals surface area contributed by atoms with Crippen LogP contribution in [0.4, 0.5) is 0 Å². The highest BCUT2D eigenvalue weighted by molar-refractivity contribution is 7.99. The summed E-state index contributed by atoms with van der Waals surface area (Å²) in [6.45, 7) is 0. The molecular weight excluding hydrogens is 254 g/mol. The first-order chi connectivity index (χ1) is 8.25. The van der Waals surface area contributed by atoms with Crippen LogP contribution in [0.25, 0.3) is 10.1 Å². The average molecular weight is 265 g/mol. The van der Waals surface area contributed by atoms with Crippen molar-refractivity contribution in [2.45, 2.75) is 11.4 Å². The molecule has 1 aromatic carbocycles. The van der Waals surface area contributed by atoms with E-state index in [0.717, 1.165) is 0 Å². The first kappa shape index (κ1) is 11.1. The summed E-state index contributed by atoms with van der Waals surface area (Å²) in [5, 5.41) is 15.6. The molecule has 2 N–H and O–H groups in total. The zero-order valence-corrected chi connectivity index (χ0v) is 10.6. The number of rotatable bonds is 2. The standard InChI is InChI=1S/C12H11NO2S2/c14-12(15)9-6-17-11(13-9)8-5-16-10-4-2-1-3-7(8)10/h1-5,9,11,13H,6H2,(H,14,15). The quantitative estimate of drug-likeness (QED) is 0.876. The van der Waals surface area contributed by atoms with E-state index in [9.17, 15) is 4.79 Å². The Morgan fingerprint density at radius 3 is 3.00 bits per heavy atom. The Morgan fingerprint density at radius 1 is 1.41 bits per heavy atom. The zero-order chi connectivity index (χ0) is 11.8. The Balaban J connectivity index is 1.93.